The van der Waals surface area contributed by atoms with E-state index in [1.54, 1.807) is 19.1 Å². The molecule has 4 nitrogen and oxygen atoms in total. The number of amides is 1. The van der Waals surface area contributed by atoms with Crippen LogP contribution in [-0.2, 0) is 9.47 Å². The lowest BCUT2D eigenvalue weighted by atomic mass is 9.92. The molecule has 0 unspecified atom stereocenters. The van der Waals surface area contributed by atoms with Crippen molar-refractivity contribution in [3.63, 3.8) is 0 Å². The highest BCUT2D eigenvalue weighted by Crippen LogP contribution is 2.22. The number of hydrogen-bond donors (Lipinski definition) is 0. The van der Waals surface area contributed by atoms with Crippen LogP contribution in [0.15, 0.2) is 0 Å². The smallest absolute Gasteiger partial charge is 0.410 e. The number of methoxy groups -OCH3 is 1. The molecule has 3 atom stereocenters. The summed E-state index contributed by atoms with van der Waals surface area (Å²) in [6, 6.07) is 0.0369. The normalized spacial score (nSPS) is 16.6. The Labute approximate surface area is 118 Å². The monoisotopic (exact) mass is 273 g/mol. The minimum absolute atomic E-state index is 0.0347. The highest BCUT2D eigenvalue weighted by atomic mass is 16.6. The van der Waals surface area contributed by atoms with Gasteiger partial charge in [0, 0.05) is 14.2 Å². The third-order valence-corrected chi connectivity index (χ3v) is 3.44. The summed E-state index contributed by atoms with van der Waals surface area (Å²) >= 11 is 0. The maximum absolute atomic E-state index is 12.2. The van der Waals surface area contributed by atoms with E-state index in [0.717, 1.165) is 12.8 Å². The van der Waals surface area contributed by atoms with Gasteiger partial charge >= 0.3 is 6.09 Å². The van der Waals surface area contributed by atoms with Gasteiger partial charge < -0.3 is 14.4 Å². The van der Waals surface area contributed by atoms with E-state index in [1.807, 2.05) is 20.8 Å². The Morgan fingerprint density at radius 3 is 2.05 bits per heavy atom. The van der Waals surface area contributed by atoms with E-state index in [0.29, 0.717) is 5.92 Å². The van der Waals surface area contributed by atoms with E-state index < -0.39 is 5.60 Å². The second kappa shape index (κ2) is 7.73. The fraction of sp³-hybridized carbons (Fsp3) is 0.933. The average Bonchev–Trinajstić information content (AvgIpc) is 2.32. The molecule has 0 aromatic rings. The zero-order chi connectivity index (χ0) is 15.2. The molecular formula is C15H31NO3. The van der Waals surface area contributed by atoms with Crippen LogP contribution in [0, 0.1) is 5.92 Å². The summed E-state index contributed by atoms with van der Waals surface area (Å²) in [5.41, 5.74) is -0.472. The zero-order valence-corrected chi connectivity index (χ0v) is 13.8. The van der Waals surface area contributed by atoms with Crippen LogP contribution < -0.4 is 0 Å². The fourth-order valence-electron chi connectivity index (χ4n) is 2.24. The van der Waals surface area contributed by atoms with Crippen molar-refractivity contribution in [2.24, 2.45) is 5.92 Å². The first-order valence-corrected chi connectivity index (χ1v) is 7.16. The van der Waals surface area contributed by atoms with Crippen molar-refractivity contribution < 1.29 is 14.3 Å². The van der Waals surface area contributed by atoms with Crippen molar-refractivity contribution in [2.75, 3.05) is 14.2 Å². The lowest BCUT2D eigenvalue weighted by molar-refractivity contribution is -0.0246. The molecule has 19 heavy (non-hydrogen) atoms. The lowest BCUT2D eigenvalue weighted by Gasteiger charge is -2.38. The second-order valence-corrected chi connectivity index (χ2v) is 6.15. The van der Waals surface area contributed by atoms with E-state index in [2.05, 4.69) is 20.8 Å². The van der Waals surface area contributed by atoms with Crippen LogP contribution >= 0.6 is 0 Å². The first-order chi connectivity index (χ1) is 8.67. The second-order valence-electron chi connectivity index (χ2n) is 6.15. The Bertz CT molecular complexity index is 269. The van der Waals surface area contributed by atoms with E-state index >= 15 is 0 Å². The van der Waals surface area contributed by atoms with Gasteiger partial charge in [0.15, 0.2) is 0 Å². The number of rotatable bonds is 6. The van der Waals surface area contributed by atoms with Crippen molar-refractivity contribution in [2.45, 2.75) is 72.1 Å². The highest BCUT2D eigenvalue weighted by molar-refractivity contribution is 5.68. The van der Waals surface area contributed by atoms with Gasteiger partial charge in [0.25, 0.3) is 0 Å². The van der Waals surface area contributed by atoms with Gasteiger partial charge in [0.1, 0.15) is 5.60 Å². The van der Waals surface area contributed by atoms with Gasteiger partial charge in [-0.15, -0.1) is 0 Å². The van der Waals surface area contributed by atoms with Crippen LogP contribution in [0.1, 0.15) is 54.4 Å². The van der Waals surface area contributed by atoms with E-state index in [4.69, 9.17) is 9.47 Å². The maximum atomic E-state index is 12.2. The number of carbonyl (C=O) groups is 1. The molecule has 0 spiro atoms. The van der Waals surface area contributed by atoms with Gasteiger partial charge in [-0.3, -0.25) is 0 Å². The minimum atomic E-state index is -0.472. The Balaban J connectivity index is 4.99. The Morgan fingerprint density at radius 1 is 1.21 bits per heavy atom. The largest absolute Gasteiger partial charge is 0.444 e. The van der Waals surface area contributed by atoms with E-state index in [9.17, 15) is 4.79 Å². The van der Waals surface area contributed by atoms with Crippen LogP contribution in [0.25, 0.3) is 0 Å². The molecule has 0 aliphatic carbocycles. The Morgan fingerprint density at radius 2 is 1.74 bits per heavy atom. The third kappa shape index (κ3) is 5.81. The van der Waals surface area contributed by atoms with Crippen LogP contribution in [0.3, 0.4) is 0 Å². The first-order valence-electron chi connectivity index (χ1n) is 7.16. The van der Waals surface area contributed by atoms with Crippen molar-refractivity contribution in [1.82, 2.24) is 4.90 Å². The minimum Gasteiger partial charge on any atom is -0.444 e. The standard InChI is InChI=1S/C15H31NO3/c1-9-11(3)13(12(10-2)18-8)16(7)14(17)19-15(4,5)6/h11-13H,9-10H2,1-8H3/t11-,12+,13-/m0/s1. The Hall–Kier alpha value is -0.770. The molecule has 0 aromatic heterocycles. The maximum Gasteiger partial charge on any atom is 0.410 e. The molecule has 1 amide bonds. The molecule has 0 saturated heterocycles. The summed E-state index contributed by atoms with van der Waals surface area (Å²) in [4.78, 5) is 13.9. The third-order valence-electron chi connectivity index (χ3n) is 3.44. The van der Waals surface area contributed by atoms with Crippen LogP contribution in [0.2, 0.25) is 0 Å². The molecule has 0 rings (SSSR count). The topological polar surface area (TPSA) is 38.8 Å². The molecule has 0 bridgehead atoms. The molecule has 0 N–H and O–H groups in total. The molecule has 4 heteroatoms. The molecule has 0 heterocycles. The predicted molar refractivity (Wildman–Crippen MR) is 78.3 cm³/mol. The van der Waals surface area contributed by atoms with Gasteiger partial charge in [0.2, 0.25) is 0 Å². The van der Waals surface area contributed by atoms with Gasteiger partial charge in [0.05, 0.1) is 12.1 Å². The number of ether oxygens (including phenoxy) is 2. The number of likely N-dealkylation sites (N-methyl/N-ethyl adjacent to an activating group) is 1. The molecule has 114 valence electrons. The molecule has 0 radical (unpaired) electrons. The summed E-state index contributed by atoms with van der Waals surface area (Å²) in [5, 5.41) is 0. The van der Waals surface area contributed by atoms with Crippen LogP contribution in [0.5, 0.6) is 0 Å². The molecule has 0 saturated carbocycles. The summed E-state index contributed by atoms with van der Waals surface area (Å²) < 4.78 is 11.0. The SMILES string of the molecule is CC[C@H](C)[C@@H]([C@@H](CC)OC)N(C)C(=O)OC(C)(C)C. The summed E-state index contributed by atoms with van der Waals surface area (Å²) in [5.74, 6) is 0.363. The highest BCUT2D eigenvalue weighted by Gasteiger charge is 2.33. The van der Waals surface area contributed by atoms with Crippen LogP contribution in [0.4, 0.5) is 4.79 Å². The van der Waals surface area contributed by atoms with Crippen molar-refractivity contribution in [3.05, 3.63) is 0 Å². The van der Waals surface area contributed by atoms with Gasteiger partial charge in [-0.1, -0.05) is 27.2 Å². The molecule has 0 fully saturated rings. The van der Waals surface area contributed by atoms with Crippen molar-refractivity contribution in [1.29, 1.82) is 0 Å². The predicted octanol–water partition coefficient (Wildman–Crippen LogP) is 3.69. The average molecular weight is 273 g/mol. The van der Waals surface area contributed by atoms with Crippen LogP contribution in [-0.4, -0.2) is 42.9 Å². The lowest BCUT2D eigenvalue weighted by Crippen LogP contribution is -2.50. The van der Waals surface area contributed by atoms with Gasteiger partial charge in [-0.2, -0.15) is 0 Å². The fourth-order valence-corrected chi connectivity index (χ4v) is 2.24. The van der Waals surface area contributed by atoms with E-state index in [1.165, 1.54) is 0 Å². The van der Waals surface area contributed by atoms with Gasteiger partial charge in [-0.05, 0) is 33.1 Å². The van der Waals surface area contributed by atoms with Gasteiger partial charge in [-0.25, -0.2) is 4.79 Å². The summed E-state index contributed by atoms with van der Waals surface area (Å²) in [6.45, 7) is 12.0. The number of hydrogen-bond acceptors (Lipinski definition) is 3. The van der Waals surface area contributed by atoms with Crippen molar-refractivity contribution in [3.8, 4) is 0 Å². The number of nitrogens with zero attached hydrogens (tertiary/aromatic N) is 1. The Kier molecular flexibility index (Phi) is 7.42. The number of carbonyl (C=O) groups excluding carboxylic acids is 1. The molecular weight excluding hydrogens is 242 g/mol. The van der Waals surface area contributed by atoms with Crippen molar-refractivity contribution >= 4 is 6.09 Å². The van der Waals surface area contributed by atoms with E-state index in [-0.39, 0.29) is 18.2 Å². The summed E-state index contributed by atoms with van der Waals surface area (Å²) in [7, 11) is 3.50. The quantitative estimate of drug-likeness (QED) is 0.741. The zero-order valence-electron chi connectivity index (χ0n) is 13.8. The first kappa shape index (κ1) is 18.2. The molecule has 0 aliphatic heterocycles. The molecule has 0 aromatic carbocycles. The summed E-state index contributed by atoms with van der Waals surface area (Å²) in [6.07, 6.45) is 1.62. The molecule has 0 aliphatic rings.